The molecule has 1 saturated heterocycles. The number of rotatable bonds is 4. The van der Waals surface area contributed by atoms with E-state index in [1.165, 1.54) is 6.92 Å². The average molecular weight is 271 g/mol. The molecule has 19 heavy (non-hydrogen) atoms. The van der Waals surface area contributed by atoms with Crippen molar-refractivity contribution in [1.29, 1.82) is 0 Å². The highest BCUT2D eigenvalue weighted by Gasteiger charge is 2.34. The SMILES string of the molecule is CCCC(C)(N)C(=O)N1CCN(C(=O)C(C)O)CC1. The zero-order chi connectivity index (χ0) is 14.6. The van der Waals surface area contributed by atoms with E-state index in [1.807, 2.05) is 6.92 Å². The first kappa shape index (κ1) is 15.9. The molecule has 1 heterocycles. The van der Waals surface area contributed by atoms with Crippen molar-refractivity contribution < 1.29 is 14.7 Å². The molecule has 1 aliphatic heterocycles. The Morgan fingerprint density at radius 1 is 1.26 bits per heavy atom. The Morgan fingerprint density at radius 2 is 1.74 bits per heavy atom. The van der Waals surface area contributed by atoms with Gasteiger partial charge in [-0.05, 0) is 20.3 Å². The number of amides is 2. The predicted molar refractivity (Wildman–Crippen MR) is 72.3 cm³/mol. The van der Waals surface area contributed by atoms with Crippen LogP contribution in [-0.4, -0.2) is 64.5 Å². The van der Waals surface area contributed by atoms with Gasteiger partial charge in [-0.15, -0.1) is 0 Å². The molecule has 1 fully saturated rings. The maximum absolute atomic E-state index is 12.3. The zero-order valence-corrected chi connectivity index (χ0v) is 12.1. The molecule has 6 nitrogen and oxygen atoms in total. The number of nitrogens with two attached hydrogens (primary N) is 1. The molecule has 0 saturated carbocycles. The monoisotopic (exact) mass is 271 g/mol. The van der Waals surface area contributed by atoms with Gasteiger partial charge in [0, 0.05) is 26.2 Å². The fraction of sp³-hybridized carbons (Fsp3) is 0.846. The molecule has 2 atom stereocenters. The molecular weight excluding hydrogens is 246 g/mol. The lowest BCUT2D eigenvalue weighted by molar-refractivity contribution is -0.146. The Labute approximate surface area is 114 Å². The summed E-state index contributed by atoms with van der Waals surface area (Å²) in [6.45, 7) is 7.08. The van der Waals surface area contributed by atoms with Crippen molar-refractivity contribution in [2.24, 2.45) is 5.73 Å². The van der Waals surface area contributed by atoms with Gasteiger partial charge in [0.25, 0.3) is 5.91 Å². The highest BCUT2D eigenvalue weighted by Crippen LogP contribution is 2.15. The van der Waals surface area contributed by atoms with Crippen LogP contribution in [0, 0.1) is 0 Å². The van der Waals surface area contributed by atoms with Crippen molar-refractivity contribution in [2.45, 2.75) is 45.3 Å². The summed E-state index contributed by atoms with van der Waals surface area (Å²) in [5, 5.41) is 9.26. The van der Waals surface area contributed by atoms with Crippen LogP contribution in [0.4, 0.5) is 0 Å². The van der Waals surface area contributed by atoms with Crippen LogP contribution >= 0.6 is 0 Å². The Hall–Kier alpha value is -1.14. The molecule has 110 valence electrons. The van der Waals surface area contributed by atoms with Crippen molar-refractivity contribution in [2.75, 3.05) is 26.2 Å². The van der Waals surface area contributed by atoms with E-state index in [0.29, 0.717) is 32.6 Å². The summed E-state index contributed by atoms with van der Waals surface area (Å²) in [6, 6.07) is 0. The Morgan fingerprint density at radius 3 is 2.16 bits per heavy atom. The van der Waals surface area contributed by atoms with E-state index in [0.717, 1.165) is 6.42 Å². The summed E-state index contributed by atoms with van der Waals surface area (Å²) >= 11 is 0. The molecule has 0 aromatic carbocycles. The molecule has 3 N–H and O–H groups in total. The summed E-state index contributed by atoms with van der Waals surface area (Å²) in [6.07, 6.45) is 0.528. The molecule has 2 amide bonds. The van der Waals surface area contributed by atoms with Gasteiger partial charge in [-0.25, -0.2) is 0 Å². The van der Waals surface area contributed by atoms with Crippen molar-refractivity contribution in [3.05, 3.63) is 0 Å². The molecular formula is C13H25N3O3. The third kappa shape index (κ3) is 3.91. The van der Waals surface area contributed by atoms with Crippen LogP contribution in [0.15, 0.2) is 0 Å². The van der Waals surface area contributed by atoms with Crippen LogP contribution in [-0.2, 0) is 9.59 Å². The van der Waals surface area contributed by atoms with Gasteiger partial charge < -0.3 is 20.6 Å². The zero-order valence-electron chi connectivity index (χ0n) is 12.1. The van der Waals surface area contributed by atoms with E-state index < -0.39 is 11.6 Å². The standard InChI is InChI=1S/C13H25N3O3/c1-4-5-13(3,14)12(19)16-8-6-15(7-9-16)11(18)10(2)17/h10,17H,4-9,14H2,1-3H3. The maximum Gasteiger partial charge on any atom is 0.251 e. The number of nitrogens with zero attached hydrogens (tertiary/aromatic N) is 2. The van der Waals surface area contributed by atoms with Gasteiger partial charge in [0.1, 0.15) is 6.10 Å². The number of hydrogen-bond donors (Lipinski definition) is 2. The molecule has 0 aromatic rings. The van der Waals surface area contributed by atoms with Crippen molar-refractivity contribution in [1.82, 2.24) is 9.80 Å². The summed E-state index contributed by atoms with van der Waals surface area (Å²) in [5.41, 5.74) is 5.20. The Bertz CT molecular complexity index is 334. The number of hydrogen-bond acceptors (Lipinski definition) is 4. The predicted octanol–water partition coefficient (Wildman–Crippen LogP) is -0.444. The molecule has 2 unspecified atom stereocenters. The van der Waals surface area contributed by atoms with Crippen molar-refractivity contribution in [3.63, 3.8) is 0 Å². The molecule has 1 aliphatic rings. The minimum Gasteiger partial charge on any atom is -0.384 e. The number of aliphatic hydroxyl groups is 1. The van der Waals surface area contributed by atoms with Crippen LogP contribution in [0.2, 0.25) is 0 Å². The second-order valence-corrected chi connectivity index (χ2v) is 5.46. The first-order valence-electron chi connectivity index (χ1n) is 6.84. The summed E-state index contributed by atoms with van der Waals surface area (Å²) in [4.78, 5) is 27.2. The summed E-state index contributed by atoms with van der Waals surface area (Å²) in [7, 11) is 0. The van der Waals surface area contributed by atoms with Crippen LogP contribution in [0.3, 0.4) is 0 Å². The lowest BCUT2D eigenvalue weighted by Crippen LogP contribution is -2.59. The fourth-order valence-corrected chi connectivity index (χ4v) is 2.38. The van der Waals surface area contributed by atoms with E-state index in [9.17, 15) is 14.7 Å². The van der Waals surface area contributed by atoms with E-state index >= 15 is 0 Å². The third-order valence-electron chi connectivity index (χ3n) is 3.49. The lowest BCUT2D eigenvalue weighted by atomic mass is 9.95. The second-order valence-electron chi connectivity index (χ2n) is 5.46. The van der Waals surface area contributed by atoms with E-state index in [-0.39, 0.29) is 11.8 Å². The van der Waals surface area contributed by atoms with E-state index in [2.05, 4.69) is 0 Å². The largest absolute Gasteiger partial charge is 0.384 e. The smallest absolute Gasteiger partial charge is 0.251 e. The summed E-state index contributed by atoms with van der Waals surface area (Å²) in [5.74, 6) is -0.338. The van der Waals surface area contributed by atoms with Gasteiger partial charge in [-0.2, -0.15) is 0 Å². The number of piperazine rings is 1. The number of aliphatic hydroxyl groups excluding tert-OH is 1. The van der Waals surface area contributed by atoms with Crippen LogP contribution in [0.5, 0.6) is 0 Å². The van der Waals surface area contributed by atoms with Gasteiger partial charge >= 0.3 is 0 Å². The minimum atomic E-state index is -0.984. The Kier molecular flexibility index (Phi) is 5.31. The van der Waals surface area contributed by atoms with Gasteiger partial charge in [0.2, 0.25) is 5.91 Å². The van der Waals surface area contributed by atoms with Gasteiger partial charge in [-0.1, -0.05) is 13.3 Å². The van der Waals surface area contributed by atoms with Crippen LogP contribution in [0.25, 0.3) is 0 Å². The van der Waals surface area contributed by atoms with Crippen molar-refractivity contribution in [3.8, 4) is 0 Å². The van der Waals surface area contributed by atoms with Gasteiger partial charge in [-0.3, -0.25) is 9.59 Å². The van der Waals surface area contributed by atoms with Crippen LogP contribution < -0.4 is 5.73 Å². The molecule has 6 heteroatoms. The van der Waals surface area contributed by atoms with Gasteiger partial charge in [0.15, 0.2) is 0 Å². The number of carbonyl (C=O) groups excluding carboxylic acids is 2. The molecule has 0 bridgehead atoms. The molecule has 0 aliphatic carbocycles. The van der Waals surface area contributed by atoms with Crippen molar-refractivity contribution >= 4 is 11.8 Å². The highest BCUT2D eigenvalue weighted by molar-refractivity contribution is 5.86. The quantitative estimate of drug-likeness (QED) is 0.725. The van der Waals surface area contributed by atoms with Gasteiger partial charge in [0.05, 0.1) is 5.54 Å². The first-order chi connectivity index (χ1) is 8.79. The second kappa shape index (κ2) is 6.34. The Balaban J connectivity index is 2.54. The molecule has 0 radical (unpaired) electrons. The molecule has 0 aromatic heterocycles. The topological polar surface area (TPSA) is 86.9 Å². The van der Waals surface area contributed by atoms with Crippen LogP contribution in [0.1, 0.15) is 33.6 Å². The lowest BCUT2D eigenvalue weighted by Gasteiger charge is -2.38. The summed E-state index contributed by atoms with van der Waals surface area (Å²) < 4.78 is 0. The van der Waals surface area contributed by atoms with E-state index in [4.69, 9.17) is 5.73 Å². The van der Waals surface area contributed by atoms with E-state index in [1.54, 1.807) is 16.7 Å². The highest BCUT2D eigenvalue weighted by atomic mass is 16.3. The normalized spacial score (nSPS) is 20.9. The first-order valence-corrected chi connectivity index (χ1v) is 6.84. The molecule has 0 spiro atoms. The molecule has 1 rings (SSSR count). The average Bonchev–Trinajstić information content (AvgIpc) is 2.37. The minimum absolute atomic E-state index is 0.0569. The number of carbonyl (C=O) groups is 2. The third-order valence-corrected chi connectivity index (χ3v) is 3.49. The maximum atomic E-state index is 12.3. The fourth-order valence-electron chi connectivity index (χ4n) is 2.38.